The number of nitrogens with one attached hydrogen (secondary N) is 1. The second kappa shape index (κ2) is 4.36. The van der Waals surface area contributed by atoms with E-state index in [0.717, 1.165) is 5.69 Å². The molecule has 0 spiro atoms. The van der Waals surface area contributed by atoms with E-state index in [0.29, 0.717) is 17.3 Å². The molecule has 0 aliphatic heterocycles. The van der Waals surface area contributed by atoms with Gasteiger partial charge in [-0.1, -0.05) is 0 Å². The fourth-order valence-electron chi connectivity index (χ4n) is 1.38. The lowest BCUT2D eigenvalue weighted by Crippen LogP contribution is -2.23. The van der Waals surface area contributed by atoms with Crippen LogP contribution in [0.2, 0.25) is 0 Å². The van der Waals surface area contributed by atoms with Crippen LogP contribution in [0.3, 0.4) is 0 Å². The largest absolute Gasteiger partial charge is 0.424 e. The van der Waals surface area contributed by atoms with Crippen molar-refractivity contribution in [3.63, 3.8) is 0 Å². The number of amides is 1. The molecule has 0 saturated heterocycles. The van der Waals surface area contributed by atoms with Gasteiger partial charge in [0.25, 0.3) is 5.91 Å². The normalized spacial score (nSPS) is 10.5. The lowest BCUT2D eigenvalue weighted by Gasteiger charge is -2.01. The molecule has 7 heteroatoms. The lowest BCUT2D eigenvalue weighted by molar-refractivity contribution is 0.0946. The molecule has 17 heavy (non-hydrogen) atoms. The van der Waals surface area contributed by atoms with E-state index in [1.807, 2.05) is 6.92 Å². The first-order valence-electron chi connectivity index (χ1n) is 5.13. The predicted molar refractivity (Wildman–Crippen MR) is 58.2 cm³/mol. The molecular formula is C10H13N5O2. The van der Waals surface area contributed by atoms with Gasteiger partial charge in [0.1, 0.15) is 0 Å². The number of carbonyl (C=O) groups excluding carboxylic acids is 1. The van der Waals surface area contributed by atoms with Gasteiger partial charge in [0.05, 0.1) is 18.3 Å². The molecule has 0 aromatic carbocycles. The highest BCUT2D eigenvalue weighted by Crippen LogP contribution is 2.05. The summed E-state index contributed by atoms with van der Waals surface area (Å²) >= 11 is 0. The fourth-order valence-corrected chi connectivity index (χ4v) is 1.38. The smallest absolute Gasteiger partial charge is 0.255 e. The molecule has 0 fully saturated rings. The summed E-state index contributed by atoms with van der Waals surface area (Å²) in [5, 5.41) is 14.2. The molecule has 0 unspecified atom stereocenters. The van der Waals surface area contributed by atoms with Gasteiger partial charge in [-0.3, -0.25) is 9.48 Å². The first kappa shape index (κ1) is 11.3. The second-order valence-corrected chi connectivity index (χ2v) is 3.66. The Labute approximate surface area is 97.8 Å². The maximum absolute atomic E-state index is 11.8. The zero-order chi connectivity index (χ0) is 12.4. The van der Waals surface area contributed by atoms with Crippen LogP contribution in [0, 0.1) is 13.8 Å². The zero-order valence-electron chi connectivity index (χ0n) is 9.89. The van der Waals surface area contributed by atoms with Crippen LogP contribution in [0.5, 0.6) is 0 Å². The van der Waals surface area contributed by atoms with Crippen LogP contribution in [0.1, 0.15) is 27.8 Å². The standard InChI is InChI=1S/C10H13N5O2/c1-6-8(4-12-15(6)3)10(16)11-5-9-14-13-7(2)17-9/h4H,5H2,1-3H3,(H,11,16). The molecule has 0 radical (unpaired) electrons. The van der Waals surface area contributed by atoms with Crippen LogP contribution >= 0.6 is 0 Å². The van der Waals surface area contributed by atoms with Crippen LogP contribution in [-0.2, 0) is 13.6 Å². The van der Waals surface area contributed by atoms with E-state index in [2.05, 4.69) is 20.6 Å². The van der Waals surface area contributed by atoms with Crippen LogP contribution in [0.25, 0.3) is 0 Å². The van der Waals surface area contributed by atoms with Crippen molar-refractivity contribution in [2.75, 3.05) is 0 Å². The maximum Gasteiger partial charge on any atom is 0.255 e. The summed E-state index contributed by atoms with van der Waals surface area (Å²) in [4.78, 5) is 11.8. The van der Waals surface area contributed by atoms with Gasteiger partial charge in [0.15, 0.2) is 0 Å². The molecule has 0 aliphatic carbocycles. The first-order valence-corrected chi connectivity index (χ1v) is 5.13. The van der Waals surface area contributed by atoms with Crippen molar-refractivity contribution >= 4 is 5.91 Å². The van der Waals surface area contributed by atoms with E-state index in [-0.39, 0.29) is 12.5 Å². The van der Waals surface area contributed by atoms with Crippen molar-refractivity contribution in [3.8, 4) is 0 Å². The Morgan fingerprint density at radius 2 is 2.24 bits per heavy atom. The number of nitrogens with zero attached hydrogens (tertiary/aromatic N) is 4. The Morgan fingerprint density at radius 3 is 2.76 bits per heavy atom. The molecule has 0 atom stereocenters. The molecule has 2 aromatic rings. The third kappa shape index (κ3) is 2.32. The first-order chi connectivity index (χ1) is 8.08. The number of hydrogen-bond donors (Lipinski definition) is 1. The Hall–Kier alpha value is -2.18. The third-order valence-corrected chi connectivity index (χ3v) is 2.45. The summed E-state index contributed by atoms with van der Waals surface area (Å²) in [6.45, 7) is 3.75. The van der Waals surface area contributed by atoms with Crippen molar-refractivity contribution < 1.29 is 9.21 Å². The Balaban J connectivity index is 2.00. The quantitative estimate of drug-likeness (QED) is 0.829. The summed E-state index contributed by atoms with van der Waals surface area (Å²) in [6, 6.07) is 0. The Kier molecular flexibility index (Phi) is 2.90. The van der Waals surface area contributed by atoms with Gasteiger partial charge in [-0.15, -0.1) is 10.2 Å². The molecule has 2 aromatic heterocycles. The maximum atomic E-state index is 11.8. The lowest BCUT2D eigenvalue weighted by atomic mass is 10.2. The highest BCUT2D eigenvalue weighted by atomic mass is 16.4. The van der Waals surface area contributed by atoms with Gasteiger partial charge >= 0.3 is 0 Å². The number of aryl methyl sites for hydroxylation is 2. The average Bonchev–Trinajstić information content (AvgIpc) is 2.84. The Bertz CT molecular complexity index is 543. The topological polar surface area (TPSA) is 85.8 Å². The van der Waals surface area contributed by atoms with E-state index in [1.54, 1.807) is 18.7 Å². The van der Waals surface area contributed by atoms with Crippen LogP contribution in [-0.4, -0.2) is 25.9 Å². The summed E-state index contributed by atoms with van der Waals surface area (Å²) in [5.41, 5.74) is 1.35. The highest BCUT2D eigenvalue weighted by Gasteiger charge is 2.13. The molecular weight excluding hydrogens is 222 g/mol. The molecule has 90 valence electrons. The van der Waals surface area contributed by atoms with Crippen molar-refractivity contribution in [1.82, 2.24) is 25.3 Å². The molecule has 1 N–H and O–H groups in total. The van der Waals surface area contributed by atoms with Gasteiger partial charge in [0.2, 0.25) is 11.8 Å². The van der Waals surface area contributed by atoms with Gasteiger partial charge in [-0.05, 0) is 6.92 Å². The SMILES string of the molecule is Cc1nnc(CNC(=O)c2cnn(C)c2C)o1. The summed E-state index contributed by atoms with van der Waals surface area (Å²) in [6.07, 6.45) is 1.53. The van der Waals surface area contributed by atoms with Crippen molar-refractivity contribution in [2.45, 2.75) is 20.4 Å². The van der Waals surface area contributed by atoms with E-state index in [1.165, 1.54) is 6.20 Å². The number of carbonyl (C=O) groups is 1. The van der Waals surface area contributed by atoms with E-state index in [9.17, 15) is 4.79 Å². The van der Waals surface area contributed by atoms with Crippen LogP contribution in [0.15, 0.2) is 10.6 Å². The van der Waals surface area contributed by atoms with Gasteiger partial charge in [-0.25, -0.2) is 0 Å². The summed E-state index contributed by atoms with van der Waals surface area (Å²) in [5.74, 6) is 0.663. The van der Waals surface area contributed by atoms with Crippen molar-refractivity contribution in [3.05, 3.63) is 29.2 Å². The number of aromatic nitrogens is 4. The van der Waals surface area contributed by atoms with E-state index < -0.39 is 0 Å². The van der Waals surface area contributed by atoms with E-state index in [4.69, 9.17) is 4.42 Å². The van der Waals surface area contributed by atoms with Crippen LogP contribution in [0.4, 0.5) is 0 Å². The van der Waals surface area contributed by atoms with E-state index >= 15 is 0 Å². The fraction of sp³-hybridized carbons (Fsp3) is 0.400. The molecule has 0 bridgehead atoms. The Morgan fingerprint density at radius 1 is 1.47 bits per heavy atom. The average molecular weight is 235 g/mol. The van der Waals surface area contributed by atoms with Crippen molar-refractivity contribution in [2.24, 2.45) is 7.05 Å². The molecule has 7 nitrogen and oxygen atoms in total. The second-order valence-electron chi connectivity index (χ2n) is 3.66. The molecule has 0 aliphatic rings. The minimum Gasteiger partial charge on any atom is -0.424 e. The molecule has 2 rings (SSSR count). The molecule has 0 saturated carbocycles. The minimum absolute atomic E-state index is 0.202. The van der Waals surface area contributed by atoms with Gasteiger partial charge < -0.3 is 9.73 Å². The van der Waals surface area contributed by atoms with Crippen molar-refractivity contribution in [1.29, 1.82) is 0 Å². The molecule has 2 heterocycles. The number of rotatable bonds is 3. The van der Waals surface area contributed by atoms with Gasteiger partial charge in [-0.2, -0.15) is 5.10 Å². The number of hydrogen-bond acceptors (Lipinski definition) is 5. The summed E-state index contributed by atoms with van der Waals surface area (Å²) < 4.78 is 6.79. The summed E-state index contributed by atoms with van der Waals surface area (Å²) in [7, 11) is 1.79. The highest BCUT2D eigenvalue weighted by molar-refractivity contribution is 5.94. The third-order valence-electron chi connectivity index (χ3n) is 2.45. The minimum atomic E-state index is -0.202. The monoisotopic (exact) mass is 235 g/mol. The zero-order valence-corrected chi connectivity index (χ0v) is 9.89. The molecule has 1 amide bonds. The van der Waals surface area contributed by atoms with Crippen LogP contribution < -0.4 is 5.32 Å². The predicted octanol–water partition coefficient (Wildman–Crippen LogP) is 0.350. The van der Waals surface area contributed by atoms with Gasteiger partial charge in [0, 0.05) is 19.7 Å².